The van der Waals surface area contributed by atoms with Gasteiger partial charge in [-0.2, -0.15) is 0 Å². The molecule has 0 aromatic rings. The van der Waals surface area contributed by atoms with Gasteiger partial charge in [0.05, 0.1) is 5.54 Å². The molecule has 1 amide bonds. The van der Waals surface area contributed by atoms with Gasteiger partial charge in [0.15, 0.2) is 0 Å². The van der Waals surface area contributed by atoms with Crippen molar-refractivity contribution in [2.24, 2.45) is 5.73 Å². The number of carbonyl (C=O) groups is 1. The zero-order valence-corrected chi connectivity index (χ0v) is 10.2. The zero-order valence-electron chi connectivity index (χ0n) is 10.2. The minimum absolute atomic E-state index is 0.220. The Morgan fingerprint density at radius 1 is 1.53 bits per heavy atom. The van der Waals surface area contributed by atoms with Crippen molar-refractivity contribution in [3.05, 3.63) is 0 Å². The largest absolute Gasteiger partial charge is 0.444 e. The molecule has 2 N–H and O–H groups in total. The molecule has 88 valence electrons. The second-order valence-corrected chi connectivity index (χ2v) is 5.44. The maximum absolute atomic E-state index is 11.9. The van der Waals surface area contributed by atoms with Gasteiger partial charge < -0.3 is 15.4 Å². The normalized spacial score (nSPS) is 26.9. The first-order valence-electron chi connectivity index (χ1n) is 5.49. The van der Waals surface area contributed by atoms with Crippen LogP contribution >= 0.6 is 0 Å². The van der Waals surface area contributed by atoms with Crippen molar-refractivity contribution in [1.29, 1.82) is 0 Å². The molecular formula is C11H22N2O2. The summed E-state index contributed by atoms with van der Waals surface area (Å²) in [7, 11) is 0. The summed E-state index contributed by atoms with van der Waals surface area (Å²) in [5.41, 5.74) is 5.06. The van der Waals surface area contributed by atoms with Crippen LogP contribution in [-0.2, 0) is 4.74 Å². The molecule has 0 bridgehead atoms. The molecule has 0 saturated carbocycles. The van der Waals surface area contributed by atoms with Crippen molar-refractivity contribution in [3.8, 4) is 0 Å². The molecule has 1 fully saturated rings. The summed E-state index contributed by atoms with van der Waals surface area (Å²) in [6, 6.07) is 0. The molecule has 1 atom stereocenters. The average Bonchev–Trinajstić information content (AvgIpc) is 2.45. The Morgan fingerprint density at radius 3 is 2.60 bits per heavy atom. The molecule has 1 saturated heterocycles. The number of nitrogens with two attached hydrogens (primary N) is 1. The summed E-state index contributed by atoms with van der Waals surface area (Å²) < 4.78 is 5.35. The Bertz CT molecular complexity index is 247. The minimum atomic E-state index is -0.435. The number of amides is 1. The van der Waals surface area contributed by atoms with E-state index in [4.69, 9.17) is 10.5 Å². The quantitative estimate of drug-likeness (QED) is 0.723. The van der Waals surface area contributed by atoms with E-state index in [1.807, 2.05) is 27.7 Å². The number of likely N-dealkylation sites (tertiary alicyclic amines) is 1. The van der Waals surface area contributed by atoms with Crippen LogP contribution in [0.15, 0.2) is 0 Å². The fraction of sp³-hybridized carbons (Fsp3) is 0.909. The molecule has 1 aliphatic heterocycles. The molecule has 1 unspecified atom stereocenters. The van der Waals surface area contributed by atoms with E-state index in [-0.39, 0.29) is 11.6 Å². The third-order valence-corrected chi connectivity index (χ3v) is 2.80. The molecule has 15 heavy (non-hydrogen) atoms. The molecule has 4 nitrogen and oxygen atoms in total. The Hall–Kier alpha value is -0.770. The zero-order chi connectivity index (χ0) is 11.7. The number of hydrogen-bond donors (Lipinski definition) is 1. The molecule has 1 rings (SSSR count). The molecule has 0 aromatic heterocycles. The number of hydrogen-bond acceptors (Lipinski definition) is 3. The van der Waals surface area contributed by atoms with Crippen LogP contribution in [0.1, 0.15) is 40.5 Å². The highest BCUT2D eigenvalue weighted by Gasteiger charge is 2.40. The molecule has 1 heterocycles. The summed E-state index contributed by atoms with van der Waals surface area (Å²) in [6.07, 6.45) is 1.73. The van der Waals surface area contributed by atoms with Gasteiger partial charge in [0.2, 0.25) is 0 Å². The van der Waals surface area contributed by atoms with Crippen LogP contribution in [0.2, 0.25) is 0 Å². The van der Waals surface area contributed by atoms with Crippen LogP contribution in [0.5, 0.6) is 0 Å². The standard InChI is InChI=1S/C11H22N2O2/c1-10(2,3)15-9(14)13-7-5-6-11(13,4)8-12/h5-8,12H2,1-4H3. The first-order chi connectivity index (χ1) is 6.78. The predicted octanol–water partition coefficient (Wildman–Crippen LogP) is 1.73. The van der Waals surface area contributed by atoms with Gasteiger partial charge in [-0.1, -0.05) is 0 Å². The monoisotopic (exact) mass is 214 g/mol. The summed E-state index contributed by atoms with van der Waals surface area (Å²) in [4.78, 5) is 13.6. The van der Waals surface area contributed by atoms with Crippen molar-refractivity contribution in [2.45, 2.75) is 51.7 Å². The van der Waals surface area contributed by atoms with E-state index in [9.17, 15) is 4.79 Å². The maximum atomic E-state index is 11.9. The van der Waals surface area contributed by atoms with Crippen LogP contribution < -0.4 is 5.73 Å². The number of rotatable bonds is 1. The van der Waals surface area contributed by atoms with Crippen molar-refractivity contribution in [3.63, 3.8) is 0 Å². The summed E-state index contributed by atoms with van der Waals surface area (Å²) >= 11 is 0. The smallest absolute Gasteiger partial charge is 0.410 e. The second kappa shape index (κ2) is 4.00. The topological polar surface area (TPSA) is 55.6 Å². The fourth-order valence-electron chi connectivity index (χ4n) is 1.86. The van der Waals surface area contributed by atoms with E-state index in [0.717, 1.165) is 19.4 Å². The Morgan fingerprint density at radius 2 is 2.13 bits per heavy atom. The van der Waals surface area contributed by atoms with E-state index in [1.54, 1.807) is 4.90 Å². The number of carbonyl (C=O) groups excluding carboxylic acids is 1. The third-order valence-electron chi connectivity index (χ3n) is 2.80. The van der Waals surface area contributed by atoms with Crippen LogP contribution in [-0.4, -0.2) is 35.2 Å². The SMILES string of the molecule is CC(C)(C)OC(=O)N1CCCC1(C)CN. The average molecular weight is 214 g/mol. The molecule has 0 aromatic carbocycles. The van der Waals surface area contributed by atoms with Crippen molar-refractivity contribution in [2.75, 3.05) is 13.1 Å². The van der Waals surface area contributed by atoms with Crippen LogP contribution in [0.25, 0.3) is 0 Å². The highest BCUT2D eigenvalue weighted by atomic mass is 16.6. The summed E-state index contributed by atoms with van der Waals surface area (Å²) in [5, 5.41) is 0. The Balaban J connectivity index is 2.67. The van der Waals surface area contributed by atoms with E-state index in [0.29, 0.717) is 6.54 Å². The molecule has 1 aliphatic rings. The molecule has 0 radical (unpaired) electrons. The van der Waals surface area contributed by atoms with Gasteiger partial charge in [-0.3, -0.25) is 0 Å². The van der Waals surface area contributed by atoms with Gasteiger partial charge in [0.1, 0.15) is 5.60 Å². The van der Waals surface area contributed by atoms with Gasteiger partial charge in [-0.05, 0) is 40.5 Å². The lowest BCUT2D eigenvalue weighted by atomic mass is 10.00. The summed E-state index contributed by atoms with van der Waals surface area (Å²) in [6.45, 7) is 8.89. The van der Waals surface area contributed by atoms with E-state index in [2.05, 4.69) is 0 Å². The van der Waals surface area contributed by atoms with Gasteiger partial charge in [-0.15, -0.1) is 0 Å². The second-order valence-electron chi connectivity index (χ2n) is 5.44. The van der Waals surface area contributed by atoms with Crippen LogP contribution in [0, 0.1) is 0 Å². The fourth-order valence-corrected chi connectivity index (χ4v) is 1.86. The van der Waals surface area contributed by atoms with Crippen LogP contribution in [0.3, 0.4) is 0 Å². The Kier molecular flexibility index (Phi) is 3.28. The number of nitrogens with zero attached hydrogens (tertiary/aromatic N) is 1. The maximum Gasteiger partial charge on any atom is 0.410 e. The molecule has 0 spiro atoms. The van der Waals surface area contributed by atoms with Crippen LogP contribution in [0.4, 0.5) is 4.79 Å². The lowest BCUT2D eigenvalue weighted by Gasteiger charge is -2.35. The third kappa shape index (κ3) is 2.84. The Labute approximate surface area is 91.8 Å². The molecular weight excluding hydrogens is 192 g/mol. The summed E-state index contributed by atoms with van der Waals surface area (Å²) in [5.74, 6) is 0. The van der Waals surface area contributed by atoms with Gasteiger partial charge >= 0.3 is 6.09 Å². The van der Waals surface area contributed by atoms with Gasteiger partial charge in [-0.25, -0.2) is 4.79 Å². The van der Waals surface area contributed by atoms with E-state index >= 15 is 0 Å². The van der Waals surface area contributed by atoms with E-state index < -0.39 is 5.60 Å². The molecule has 4 heteroatoms. The molecule has 0 aliphatic carbocycles. The highest BCUT2D eigenvalue weighted by molar-refractivity contribution is 5.69. The van der Waals surface area contributed by atoms with Gasteiger partial charge in [0.25, 0.3) is 0 Å². The first kappa shape index (κ1) is 12.3. The number of ether oxygens (including phenoxy) is 1. The lowest BCUT2D eigenvalue weighted by Crippen LogP contribution is -2.51. The highest BCUT2D eigenvalue weighted by Crippen LogP contribution is 2.29. The van der Waals surface area contributed by atoms with Crippen molar-refractivity contribution < 1.29 is 9.53 Å². The first-order valence-corrected chi connectivity index (χ1v) is 5.49. The lowest BCUT2D eigenvalue weighted by molar-refractivity contribution is 0.0120. The van der Waals surface area contributed by atoms with Gasteiger partial charge in [0, 0.05) is 13.1 Å². The van der Waals surface area contributed by atoms with Crippen molar-refractivity contribution in [1.82, 2.24) is 4.90 Å². The minimum Gasteiger partial charge on any atom is -0.444 e. The predicted molar refractivity (Wildman–Crippen MR) is 59.6 cm³/mol. The van der Waals surface area contributed by atoms with Crippen molar-refractivity contribution >= 4 is 6.09 Å². The van der Waals surface area contributed by atoms with E-state index in [1.165, 1.54) is 0 Å².